The molecule has 1 heterocycles. The molecule has 0 aromatic carbocycles. The molecule has 1 saturated heterocycles. The van der Waals surface area contributed by atoms with Gasteiger partial charge in [0.2, 0.25) is 0 Å². The van der Waals surface area contributed by atoms with Crippen LogP contribution in [0.5, 0.6) is 0 Å². The maximum absolute atomic E-state index is 12.2. The van der Waals surface area contributed by atoms with Gasteiger partial charge in [-0.05, 0) is 19.8 Å². The highest BCUT2D eigenvalue weighted by Gasteiger charge is 2.29. The summed E-state index contributed by atoms with van der Waals surface area (Å²) in [6.45, 7) is 3.67. The van der Waals surface area contributed by atoms with Crippen LogP contribution in [0.1, 0.15) is 26.2 Å². The Kier molecular flexibility index (Phi) is 5.43. The quantitative estimate of drug-likeness (QED) is 0.814. The summed E-state index contributed by atoms with van der Waals surface area (Å²) in [5, 5.41) is 17.5. The normalized spacial score (nSPS) is 19.1. The van der Waals surface area contributed by atoms with Gasteiger partial charge in [0.1, 0.15) is 0 Å². The maximum atomic E-state index is 12.2. The lowest BCUT2D eigenvalue weighted by Crippen LogP contribution is -2.49. The van der Waals surface area contributed by atoms with Crippen molar-refractivity contribution in [2.45, 2.75) is 26.2 Å². The molecule has 6 heteroatoms. The number of likely N-dealkylation sites (tertiary alicyclic amines) is 1. The zero-order valence-electron chi connectivity index (χ0n) is 10.6. The molecule has 1 atom stereocenters. The molecule has 0 aromatic heterocycles. The fraction of sp³-hybridized carbons (Fsp3) is 0.750. The lowest BCUT2D eigenvalue weighted by molar-refractivity contribution is -0.143. The molecule has 1 N–H and O–H groups in total. The van der Waals surface area contributed by atoms with Crippen LogP contribution in [-0.2, 0) is 4.79 Å². The van der Waals surface area contributed by atoms with Crippen LogP contribution >= 0.6 is 0 Å². The van der Waals surface area contributed by atoms with Crippen molar-refractivity contribution in [2.24, 2.45) is 5.92 Å². The number of nitriles is 1. The predicted octanol–water partition coefficient (Wildman–Crippen LogP) is 1.14. The Morgan fingerprint density at radius 1 is 1.56 bits per heavy atom. The van der Waals surface area contributed by atoms with Crippen molar-refractivity contribution >= 4 is 12.0 Å². The number of carbonyl (C=O) groups excluding carboxylic acids is 1. The molecule has 100 valence electrons. The van der Waals surface area contributed by atoms with Crippen molar-refractivity contribution in [3.05, 3.63) is 0 Å². The second-order valence-electron chi connectivity index (χ2n) is 4.39. The lowest BCUT2D eigenvalue weighted by Gasteiger charge is -2.34. The van der Waals surface area contributed by atoms with Gasteiger partial charge in [-0.3, -0.25) is 4.79 Å². The highest BCUT2D eigenvalue weighted by atomic mass is 16.4. The smallest absolute Gasteiger partial charge is 0.320 e. The van der Waals surface area contributed by atoms with Gasteiger partial charge < -0.3 is 14.9 Å². The number of urea groups is 1. The number of carboxylic acids is 1. The number of carbonyl (C=O) groups is 2. The minimum atomic E-state index is -0.840. The van der Waals surface area contributed by atoms with E-state index in [1.807, 2.05) is 13.0 Å². The molecule has 1 aliphatic heterocycles. The second-order valence-corrected chi connectivity index (χ2v) is 4.39. The van der Waals surface area contributed by atoms with Crippen LogP contribution < -0.4 is 0 Å². The lowest BCUT2D eigenvalue weighted by atomic mass is 9.99. The number of hydrogen-bond acceptors (Lipinski definition) is 3. The molecule has 1 rings (SSSR count). The maximum Gasteiger partial charge on any atom is 0.320 e. The summed E-state index contributed by atoms with van der Waals surface area (Å²) < 4.78 is 0. The number of amides is 2. The summed E-state index contributed by atoms with van der Waals surface area (Å²) in [6.07, 6.45) is 1.65. The Balaban J connectivity index is 2.59. The van der Waals surface area contributed by atoms with Crippen molar-refractivity contribution < 1.29 is 14.7 Å². The summed E-state index contributed by atoms with van der Waals surface area (Å²) in [5.74, 6) is -1.30. The van der Waals surface area contributed by atoms with Gasteiger partial charge in [-0.1, -0.05) is 0 Å². The van der Waals surface area contributed by atoms with E-state index in [0.29, 0.717) is 32.5 Å². The van der Waals surface area contributed by atoms with E-state index >= 15 is 0 Å². The number of piperidine rings is 1. The van der Waals surface area contributed by atoms with E-state index in [1.165, 1.54) is 0 Å². The van der Waals surface area contributed by atoms with Crippen molar-refractivity contribution in [1.29, 1.82) is 5.26 Å². The van der Waals surface area contributed by atoms with Crippen molar-refractivity contribution in [2.75, 3.05) is 26.2 Å². The van der Waals surface area contributed by atoms with Gasteiger partial charge in [0.15, 0.2) is 0 Å². The summed E-state index contributed by atoms with van der Waals surface area (Å²) in [6, 6.07) is 1.86. The first-order valence-corrected chi connectivity index (χ1v) is 6.23. The van der Waals surface area contributed by atoms with Crippen LogP contribution in [0.3, 0.4) is 0 Å². The zero-order valence-corrected chi connectivity index (χ0v) is 10.6. The first-order valence-electron chi connectivity index (χ1n) is 6.23. The van der Waals surface area contributed by atoms with Crippen molar-refractivity contribution in [1.82, 2.24) is 9.80 Å². The van der Waals surface area contributed by atoms with Crippen LogP contribution in [-0.4, -0.2) is 53.1 Å². The largest absolute Gasteiger partial charge is 0.481 e. The molecule has 2 amide bonds. The molecule has 0 saturated carbocycles. The SMILES string of the molecule is CCN(CCC#N)C(=O)N1CCCC(C(=O)O)C1. The van der Waals surface area contributed by atoms with Crippen LogP contribution in [0.2, 0.25) is 0 Å². The number of hydrogen-bond donors (Lipinski definition) is 1. The van der Waals surface area contributed by atoms with E-state index in [0.717, 1.165) is 6.42 Å². The van der Waals surface area contributed by atoms with E-state index in [4.69, 9.17) is 10.4 Å². The Hall–Kier alpha value is -1.77. The molecule has 0 radical (unpaired) electrons. The average Bonchev–Trinajstić information content (AvgIpc) is 2.39. The molecule has 1 fully saturated rings. The third kappa shape index (κ3) is 3.62. The van der Waals surface area contributed by atoms with E-state index in [-0.39, 0.29) is 12.6 Å². The monoisotopic (exact) mass is 253 g/mol. The highest BCUT2D eigenvalue weighted by molar-refractivity contribution is 5.76. The van der Waals surface area contributed by atoms with Gasteiger partial charge in [0.25, 0.3) is 0 Å². The van der Waals surface area contributed by atoms with Gasteiger partial charge in [-0.25, -0.2) is 4.79 Å². The molecule has 6 nitrogen and oxygen atoms in total. The molecule has 1 aliphatic rings. The number of rotatable bonds is 4. The van der Waals surface area contributed by atoms with Gasteiger partial charge in [0.05, 0.1) is 18.4 Å². The van der Waals surface area contributed by atoms with Crippen LogP contribution in [0.4, 0.5) is 4.79 Å². The number of aliphatic carboxylic acids is 1. The van der Waals surface area contributed by atoms with Gasteiger partial charge >= 0.3 is 12.0 Å². The summed E-state index contributed by atoms with van der Waals surface area (Å²) in [4.78, 5) is 26.3. The van der Waals surface area contributed by atoms with Crippen LogP contribution in [0.15, 0.2) is 0 Å². The second kappa shape index (κ2) is 6.84. The van der Waals surface area contributed by atoms with E-state index < -0.39 is 11.9 Å². The van der Waals surface area contributed by atoms with Gasteiger partial charge in [0, 0.05) is 26.2 Å². The Bertz CT molecular complexity index is 351. The predicted molar refractivity (Wildman–Crippen MR) is 64.8 cm³/mol. The fourth-order valence-corrected chi connectivity index (χ4v) is 2.13. The third-order valence-corrected chi connectivity index (χ3v) is 3.19. The Labute approximate surface area is 107 Å². The molecule has 0 bridgehead atoms. The van der Waals surface area contributed by atoms with E-state index in [1.54, 1.807) is 9.80 Å². The van der Waals surface area contributed by atoms with Crippen molar-refractivity contribution in [3.8, 4) is 6.07 Å². The standard InChI is InChI=1S/C12H19N3O3/c1-2-14(8-4-6-13)12(18)15-7-3-5-10(9-15)11(16)17/h10H,2-5,7-9H2,1H3,(H,16,17). The number of carboxylic acid groups (broad SMARTS) is 1. The number of nitrogens with zero attached hydrogens (tertiary/aromatic N) is 3. The highest BCUT2D eigenvalue weighted by Crippen LogP contribution is 2.18. The third-order valence-electron chi connectivity index (χ3n) is 3.19. The first-order chi connectivity index (χ1) is 8.60. The summed E-state index contributed by atoms with van der Waals surface area (Å²) >= 11 is 0. The van der Waals surface area contributed by atoms with Crippen LogP contribution in [0, 0.1) is 17.2 Å². The van der Waals surface area contributed by atoms with Crippen LogP contribution in [0.25, 0.3) is 0 Å². The van der Waals surface area contributed by atoms with Gasteiger partial charge in [-0.2, -0.15) is 5.26 Å². The minimum Gasteiger partial charge on any atom is -0.481 e. The molecule has 0 spiro atoms. The molecular formula is C12H19N3O3. The fourth-order valence-electron chi connectivity index (χ4n) is 2.13. The molecule has 0 aromatic rings. The Morgan fingerprint density at radius 2 is 2.28 bits per heavy atom. The molecule has 18 heavy (non-hydrogen) atoms. The van der Waals surface area contributed by atoms with E-state index in [2.05, 4.69) is 0 Å². The van der Waals surface area contributed by atoms with E-state index in [9.17, 15) is 9.59 Å². The summed E-state index contributed by atoms with van der Waals surface area (Å²) in [7, 11) is 0. The zero-order chi connectivity index (χ0) is 13.5. The Morgan fingerprint density at radius 3 is 2.83 bits per heavy atom. The summed E-state index contributed by atoms with van der Waals surface area (Å²) in [5.41, 5.74) is 0. The molecule has 0 aliphatic carbocycles. The van der Waals surface area contributed by atoms with Crippen molar-refractivity contribution in [3.63, 3.8) is 0 Å². The molecular weight excluding hydrogens is 234 g/mol. The molecule has 1 unspecified atom stereocenters. The average molecular weight is 253 g/mol. The topological polar surface area (TPSA) is 84.6 Å². The first kappa shape index (κ1) is 14.3. The minimum absolute atomic E-state index is 0.154. The van der Waals surface area contributed by atoms with Gasteiger partial charge in [-0.15, -0.1) is 0 Å².